The van der Waals surface area contributed by atoms with Gasteiger partial charge in [0.05, 0.1) is 8.07 Å². The van der Waals surface area contributed by atoms with Crippen molar-refractivity contribution >= 4 is 60.1 Å². The fraction of sp³-hybridized carbons (Fsp3) is 1.00. The molecule has 150 valence electrons. The van der Waals surface area contributed by atoms with Crippen LogP contribution in [0, 0.1) is 5.41 Å². The first-order chi connectivity index (χ1) is 10.5. The molecule has 0 amide bonds. The van der Waals surface area contributed by atoms with E-state index in [9.17, 15) is 0 Å². The molecule has 0 aromatic carbocycles. The third-order valence-corrected chi connectivity index (χ3v) is 50.7. The van der Waals surface area contributed by atoms with E-state index in [-0.39, 0.29) is 0 Å². The molecule has 1 atom stereocenters. The van der Waals surface area contributed by atoms with Crippen LogP contribution in [0.5, 0.6) is 0 Å². The van der Waals surface area contributed by atoms with Crippen molar-refractivity contribution in [2.45, 2.75) is 114 Å². The maximum atomic E-state index is 4.59. The van der Waals surface area contributed by atoms with Gasteiger partial charge in [0.15, 0.2) is 0 Å². The summed E-state index contributed by atoms with van der Waals surface area (Å²) in [5.74, 6) is 0. The molecule has 1 aliphatic rings. The summed E-state index contributed by atoms with van der Waals surface area (Å²) < 4.78 is 0.564. The van der Waals surface area contributed by atoms with Crippen molar-refractivity contribution < 1.29 is 0 Å². The number of halogens is 2. The second kappa shape index (κ2) is 6.68. The van der Waals surface area contributed by atoms with E-state index in [0.29, 0.717) is 14.7 Å². The number of rotatable bonds is 3. The summed E-state index contributed by atoms with van der Waals surface area (Å²) in [7, 11) is -4.25. The van der Waals surface area contributed by atoms with Crippen molar-refractivity contribution in [1.82, 2.24) is 0 Å². The Hall–Kier alpha value is 1.83. The zero-order valence-corrected chi connectivity index (χ0v) is 26.4. The van der Waals surface area contributed by atoms with Crippen LogP contribution in [0.2, 0.25) is 66.9 Å². The lowest BCUT2D eigenvalue weighted by Crippen LogP contribution is -2.72. The van der Waals surface area contributed by atoms with E-state index < -0.39 is 29.5 Å². The van der Waals surface area contributed by atoms with Gasteiger partial charge in [0, 0.05) is 16.1 Å². The standard InChI is InChI=1S/C19H44Br2Si4/c1-17(2,3)24(12,13)16-14-18(4,5)15-19(22(6,7)8,23(9,10)11)25(16,20)21/h16H,14-15H2,1-13H3. The van der Waals surface area contributed by atoms with E-state index in [4.69, 9.17) is 0 Å². The second-order valence-corrected chi connectivity index (χ2v) is 45.0. The molecule has 1 fully saturated rings. The van der Waals surface area contributed by atoms with Gasteiger partial charge in [-0.25, -0.2) is 0 Å². The van der Waals surface area contributed by atoms with Gasteiger partial charge in [0.1, 0.15) is 0 Å². The van der Waals surface area contributed by atoms with Gasteiger partial charge < -0.3 is 0 Å². The van der Waals surface area contributed by atoms with Crippen LogP contribution in [0.3, 0.4) is 0 Å². The van der Waals surface area contributed by atoms with Gasteiger partial charge in [-0.3, -0.25) is 0 Å². The molecule has 1 rings (SSSR count). The van der Waals surface area contributed by atoms with Gasteiger partial charge in [-0.2, -0.15) is 0 Å². The average Bonchev–Trinajstić information content (AvgIpc) is 2.26. The molecule has 0 nitrogen and oxygen atoms in total. The highest BCUT2D eigenvalue weighted by Crippen LogP contribution is 2.74. The largest absolute Gasteiger partial charge is 0.202 e. The summed E-state index contributed by atoms with van der Waals surface area (Å²) >= 11 is 9.19. The zero-order valence-electron chi connectivity index (χ0n) is 19.2. The molecule has 1 aliphatic heterocycles. The van der Waals surface area contributed by atoms with Crippen molar-refractivity contribution in [3.8, 4) is 0 Å². The lowest BCUT2D eigenvalue weighted by Gasteiger charge is -2.68. The normalized spacial score (nSPS) is 27.2. The molecule has 1 heterocycles. The predicted octanol–water partition coefficient (Wildman–Crippen LogP) is 8.95. The summed E-state index contributed by atoms with van der Waals surface area (Å²) in [5, 5.41) is -0.477. The Morgan fingerprint density at radius 1 is 0.840 bits per heavy atom. The van der Waals surface area contributed by atoms with Crippen molar-refractivity contribution in [1.29, 1.82) is 0 Å². The molecule has 25 heavy (non-hydrogen) atoms. The van der Waals surface area contributed by atoms with Crippen LogP contribution in [-0.4, -0.2) is 29.5 Å². The molecule has 1 unspecified atom stereocenters. The van der Waals surface area contributed by atoms with Gasteiger partial charge in [-0.15, -0.1) is 30.6 Å². The van der Waals surface area contributed by atoms with Crippen molar-refractivity contribution in [3.05, 3.63) is 0 Å². The SMILES string of the molecule is CC1(C)CC([Si](C)(C)C(C)(C)C)[Si](Br)(Br)C([Si](C)(C)C)([Si](C)(C)C)C1. The second-order valence-electron chi connectivity index (χ2n) is 13.1. The Morgan fingerprint density at radius 3 is 1.48 bits per heavy atom. The third kappa shape index (κ3) is 3.96. The third-order valence-electron chi connectivity index (χ3n) is 7.87. The van der Waals surface area contributed by atoms with Gasteiger partial charge in [-0.05, 0) is 32.7 Å². The molecule has 0 aliphatic carbocycles. The van der Waals surface area contributed by atoms with E-state index in [0.717, 1.165) is 5.16 Å². The van der Waals surface area contributed by atoms with Crippen LogP contribution in [0.1, 0.15) is 47.5 Å². The molecule has 0 radical (unpaired) electrons. The molecule has 0 N–H and O–H groups in total. The fourth-order valence-corrected chi connectivity index (χ4v) is 70.1. The lowest BCUT2D eigenvalue weighted by molar-refractivity contribution is 0.288. The lowest BCUT2D eigenvalue weighted by atomic mass is 9.86. The molecule has 0 aromatic rings. The molecule has 0 bridgehead atoms. The Bertz CT molecular complexity index is 491. The number of hydrogen-bond donors (Lipinski definition) is 0. The van der Waals surface area contributed by atoms with Crippen LogP contribution in [0.25, 0.3) is 0 Å². The van der Waals surface area contributed by atoms with E-state index in [1.807, 2.05) is 0 Å². The summed E-state index contributed by atoms with van der Waals surface area (Å²) in [6.07, 6.45) is 2.84. The van der Waals surface area contributed by atoms with E-state index in [1.54, 1.807) is 0 Å². The average molecular weight is 545 g/mol. The summed E-state index contributed by atoms with van der Waals surface area (Å²) in [6.45, 7) is 34.0. The maximum Gasteiger partial charge on any atom is 0.202 e. The highest BCUT2D eigenvalue weighted by atomic mass is 79.9. The van der Waals surface area contributed by atoms with Crippen LogP contribution in [0.15, 0.2) is 0 Å². The van der Waals surface area contributed by atoms with Gasteiger partial charge >= 0.3 is 0 Å². The first-order valence-corrected chi connectivity index (χ1v) is 26.6. The Labute approximate surface area is 178 Å². The molecular weight excluding hydrogens is 500 g/mol. The minimum absolute atomic E-state index is 0.440. The molecule has 0 aromatic heterocycles. The Balaban J connectivity index is 3.83. The smallest absolute Gasteiger partial charge is 0.111 e. The highest BCUT2D eigenvalue weighted by Gasteiger charge is 2.72. The van der Waals surface area contributed by atoms with Crippen molar-refractivity contribution in [2.24, 2.45) is 5.41 Å². The molecule has 1 saturated heterocycles. The zero-order chi connectivity index (χ0) is 20.5. The van der Waals surface area contributed by atoms with Gasteiger partial charge in [0.25, 0.3) is 0 Å². The Morgan fingerprint density at radius 2 is 1.20 bits per heavy atom. The number of hydrogen-bond acceptors (Lipinski definition) is 0. The van der Waals surface area contributed by atoms with Crippen molar-refractivity contribution in [3.63, 3.8) is 0 Å². The van der Waals surface area contributed by atoms with Crippen LogP contribution < -0.4 is 0 Å². The minimum Gasteiger partial charge on any atom is -0.111 e. The van der Waals surface area contributed by atoms with Crippen LogP contribution in [0.4, 0.5) is 0 Å². The van der Waals surface area contributed by atoms with Crippen molar-refractivity contribution in [2.75, 3.05) is 0 Å². The molecule has 0 spiro atoms. The topological polar surface area (TPSA) is 0 Å². The summed E-state index contributed by atoms with van der Waals surface area (Å²) in [6, 6.07) is 0. The monoisotopic (exact) mass is 542 g/mol. The summed E-state index contributed by atoms with van der Waals surface area (Å²) in [4.78, 5) is 0. The molecular formula is C19H44Br2Si4. The first kappa shape index (κ1) is 24.9. The quantitative estimate of drug-likeness (QED) is 0.246. The predicted molar refractivity (Wildman–Crippen MR) is 137 cm³/mol. The van der Waals surface area contributed by atoms with E-state index in [2.05, 4.69) is 118 Å². The van der Waals surface area contributed by atoms with Crippen LogP contribution >= 0.6 is 30.6 Å². The first-order valence-electron chi connectivity index (χ1n) is 9.92. The maximum absolute atomic E-state index is 4.59. The van der Waals surface area contributed by atoms with Gasteiger partial charge in [0.2, 0.25) is 5.31 Å². The van der Waals surface area contributed by atoms with Crippen LogP contribution in [-0.2, 0) is 0 Å². The Kier molecular flexibility index (Phi) is 6.64. The van der Waals surface area contributed by atoms with E-state index in [1.165, 1.54) is 12.8 Å². The van der Waals surface area contributed by atoms with E-state index >= 15 is 0 Å². The minimum atomic E-state index is -1.79. The summed E-state index contributed by atoms with van der Waals surface area (Å²) in [5.41, 5.74) is 0.457. The highest BCUT2D eigenvalue weighted by molar-refractivity contribution is 9.51. The fourth-order valence-electron chi connectivity index (χ4n) is 5.77. The molecule has 0 saturated carbocycles. The van der Waals surface area contributed by atoms with Gasteiger partial charge in [-0.1, -0.05) is 87.0 Å². The molecule has 6 heteroatoms.